The topological polar surface area (TPSA) is 76.1 Å². The van der Waals surface area contributed by atoms with Crippen LogP contribution in [-0.2, 0) is 0 Å². The third-order valence-electron chi connectivity index (χ3n) is 4.94. The summed E-state index contributed by atoms with van der Waals surface area (Å²) in [5.41, 5.74) is 3.72. The zero-order chi connectivity index (χ0) is 21.1. The second-order valence-corrected chi connectivity index (χ2v) is 7.01. The Kier molecular flexibility index (Phi) is 5.30. The molecule has 0 radical (unpaired) electrons. The average molecular weight is 398 g/mol. The minimum Gasteiger partial charge on any atom is -0.439 e. The van der Waals surface area contributed by atoms with Crippen molar-refractivity contribution in [3.8, 4) is 11.6 Å². The number of nitrogens with one attached hydrogen (secondary N) is 2. The number of aromatic nitrogens is 2. The van der Waals surface area contributed by atoms with Crippen LogP contribution in [-0.4, -0.2) is 22.9 Å². The van der Waals surface area contributed by atoms with E-state index < -0.39 is 0 Å². The monoisotopic (exact) mass is 398 g/mol. The fourth-order valence-electron chi connectivity index (χ4n) is 3.18. The van der Waals surface area contributed by atoms with Crippen LogP contribution in [0.15, 0.2) is 66.9 Å². The SMILES string of the molecule is CNc1nccc(Oc2ccc3c(C(=O)Nc4ccc(C)c(C)c4)cccc3c2)n1. The van der Waals surface area contributed by atoms with Crippen molar-refractivity contribution in [3.05, 3.63) is 83.6 Å². The fourth-order valence-corrected chi connectivity index (χ4v) is 3.18. The van der Waals surface area contributed by atoms with Crippen molar-refractivity contribution in [2.45, 2.75) is 13.8 Å². The molecule has 4 rings (SSSR count). The number of ether oxygens (including phenoxy) is 1. The normalized spacial score (nSPS) is 10.6. The Balaban J connectivity index is 1.60. The molecule has 1 amide bonds. The molecule has 6 nitrogen and oxygen atoms in total. The van der Waals surface area contributed by atoms with Gasteiger partial charge in [0.15, 0.2) is 0 Å². The Morgan fingerprint density at radius 2 is 1.83 bits per heavy atom. The maximum absolute atomic E-state index is 12.9. The van der Waals surface area contributed by atoms with Gasteiger partial charge in [0.1, 0.15) is 5.75 Å². The van der Waals surface area contributed by atoms with Crippen LogP contribution < -0.4 is 15.4 Å². The van der Waals surface area contributed by atoms with Crippen molar-refractivity contribution < 1.29 is 9.53 Å². The summed E-state index contributed by atoms with van der Waals surface area (Å²) in [6.07, 6.45) is 1.63. The molecular weight excluding hydrogens is 376 g/mol. The van der Waals surface area contributed by atoms with Crippen LogP contribution in [0, 0.1) is 13.8 Å². The van der Waals surface area contributed by atoms with Crippen LogP contribution in [0.3, 0.4) is 0 Å². The lowest BCUT2D eigenvalue weighted by atomic mass is 10.0. The largest absolute Gasteiger partial charge is 0.439 e. The number of amides is 1. The number of rotatable bonds is 5. The number of hydrogen-bond acceptors (Lipinski definition) is 5. The van der Waals surface area contributed by atoms with E-state index in [0.717, 1.165) is 22.0 Å². The smallest absolute Gasteiger partial charge is 0.256 e. The number of nitrogens with zero attached hydrogens (tertiary/aromatic N) is 2. The summed E-state index contributed by atoms with van der Waals surface area (Å²) in [5.74, 6) is 1.41. The standard InChI is InChI=1S/C24H22N4O2/c1-15-7-8-18(13-16(15)2)27-23(29)21-6-4-5-17-14-19(9-10-20(17)21)30-22-11-12-26-24(25-3)28-22/h4-14H,1-3H3,(H,27,29)(H,25,26,28). The Hall–Kier alpha value is -3.93. The van der Waals surface area contributed by atoms with E-state index in [2.05, 4.69) is 20.6 Å². The van der Waals surface area contributed by atoms with E-state index in [0.29, 0.717) is 23.1 Å². The quantitative estimate of drug-likeness (QED) is 0.475. The molecule has 0 bridgehead atoms. The lowest BCUT2D eigenvalue weighted by Gasteiger charge is -2.11. The van der Waals surface area contributed by atoms with Crippen LogP contribution >= 0.6 is 0 Å². The minimum absolute atomic E-state index is 0.146. The van der Waals surface area contributed by atoms with Gasteiger partial charge >= 0.3 is 0 Å². The first-order valence-corrected chi connectivity index (χ1v) is 9.63. The molecule has 1 heterocycles. The van der Waals surface area contributed by atoms with Crippen LogP contribution in [0.4, 0.5) is 11.6 Å². The molecule has 0 saturated carbocycles. The van der Waals surface area contributed by atoms with E-state index in [-0.39, 0.29) is 5.91 Å². The molecule has 0 saturated heterocycles. The van der Waals surface area contributed by atoms with Crippen molar-refractivity contribution in [1.29, 1.82) is 0 Å². The molecule has 3 aromatic carbocycles. The van der Waals surface area contributed by atoms with Gasteiger partial charge in [-0.1, -0.05) is 18.2 Å². The highest BCUT2D eigenvalue weighted by molar-refractivity contribution is 6.13. The Labute approximate surface area is 175 Å². The predicted octanol–water partition coefficient (Wildman–Crippen LogP) is 5.33. The third kappa shape index (κ3) is 4.07. The van der Waals surface area contributed by atoms with Crippen molar-refractivity contribution in [2.75, 3.05) is 17.7 Å². The van der Waals surface area contributed by atoms with Crippen LogP contribution in [0.25, 0.3) is 10.8 Å². The first kappa shape index (κ1) is 19.4. The van der Waals surface area contributed by atoms with Gasteiger partial charge < -0.3 is 15.4 Å². The molecule has 0 aliphatic rings. The zero-order valence-corrected chi connectivity index (χ0v) is 17.1. The second kappa shape index (κ2) is 8.21. The molecule has 1 aromatic heterocycles. The molecule has 6 heteroatoms. The Morgan fingerprint density at radius 3 is 2.63 bits per heavy atom. The summed E-state index contributed by atoms with van der Waals surface area (Å²) in [7, 11) is 1.75. The summed E-state index contributed by atoms with van der Waals surface area (Å²) in [6.45, 7) is 4.08. The van der Waals surface area contributed by atoms with E-state index in [9.17, 15) is 4.79 Å². The molecule has 0 aliphatic carbocycles. The Bertz CT molecular complexity index is 1240. The molecule has 150 valence electrons. The van der Waals surface area contributed by atoms with E-state index >= 15 is 0 Å². The second-order valence-electron chi connectivity index (χ2n) is 7.01. The lowest BCUT2D eigenvalue weighted by molar-refractivity contribution is 0.102. The fraction of sp³-hybridized carbons (Fsp3) is 0.125. The maximum atomic E-state index is 12.9. The number of aryl methyl sites for hydroxylation is 2. The number of fused-ring (bicyclic) bond motifs is 1. The number of carbonyl (C=O) groups is 1. The molecule has 30 heavy (non-hydrogen) atoms. The molecule has 2 N–H and O–H groups in total. The summed E-state index contributed by atoms with van der Waals surface area (Å²) < 4.78 is 5.86. The zero-order valence-electron chi connectivity index (χ0n) is 17.1. The van der Waals surface area contributed by atoms with Gasteiger partial charge in [-0.15, -0.1) is 0 Å². The molecule has 0 spiro atoms. The molecule has 0 unspecified atom stereocenters. The van der Waals surface area contributed by atoms with Crippen molar-refractivity contribution in [3.63, 3.8) is 0 Å². The van der Waals surface area contributed by atoms with E-state index in [1.807, 2.05) is 68.4 Å². The van der Waals surface area contributed by atoms with Gasteiger partial charge in [-0.3, -0.25) is 4.79 Å². The molecular formula is C24H22N4O2. The number of hydrogen-bond donors (Lipinski definition) is 2. The van der Waals surface area contributed by atoms with Crippen LogP contribution in [0.1, 0.15) is 21.5 Å². The highest BCUT2D eigenvalue weighted by atomic mass is 16.5. The molecule has 0 atom stereocenters. The van der Waals surface area contributed by atoms with Crippen molar-refractivity contribution in [1.82, 2.24) is 9.97 Å². The van der Waals surface area contributed by atoms with Crippen molar-refractivity contribution >= 4 is 28.3 Å². The minimum atomic E-state index is -0.146. The van der Waals surface area contributed by atoms with E-state index in [1.54, 1.807) is 19.3 Å². The summed E-state index contributed by atoms with van der Waals surface area (Å²) in [5, 5.41) is 7.63. The summed E-state index contributed by atoms with van der Waals surface area (Å²) >= 11 is 0. The number of benzene rings is 3. The molecule has 0 fully saturated rings. The predicted molar refractivity (Wildman–Crippen MR) is 119 cm³/mol. The third-order valence-corrected chi connectivity index (χ3v) is 4.94. The summed E-state index contributed by atoms with van der Waals surface area (Å²) in [6, 6.07) is 18.8. The van der Waals surface area contributed by atoms with E-state index in [1.165, 1.54) is 5.56 Å². The van der Waals surface area contributed by atoms with E-state index in [4.69, 9.17) is 4.74 Å². The van der Waals surface area contributed by atoms with Gasteiger partial charge in [0.05, 0.1) is 0 Å². The van der Waals surface area contributed by atoms with Crippen LogP contribution in [0.2, 0.25) is 0 Å². The first-order chi connectivity index (χ1) is 14.5. The Morgan fingerprint density at radius 1 is 0.967 bits per heavy atom. The average Bonchev–Trinajstić information content (AvgIpc) is 2.76. The van der Waals surface area contributed by atoms with Crippen molar-refractivity contribution in [2.24, 2.45) is 0 Å². The first-order valence-electron chi connectivity index (χ1n) is 9.63. The highest BCUT2D eigenvalue weighted by Gasteiger charge is 2.12. The highest BCUT2D eigenvalue weighted by Crippen LogP contribution is 2.27. The summed E-state index contributed by atoms with van der Waals surface area (Å²) in [4.78, 5) is 21.2. The molecule has 4 aromatic rings. The van der Waals surface area contributed by atoms with Gasteiger partial charge in [0.2, 0.25) is 11.8 Å². The van der Waals surface area contributed by atoms with Crippen LogP contribution in [0.5, 0.6) is 11.6 Å². The van der Waals surface area contributed by atoms with Gasteiger partial charge in [0.25, 0.3) is 5.91 Å². The van der Waals surface area contributed by atoms with Gasteiger partial charge in [-0.25, -0.2) is 4.98 Å². The van der Waals surface area contributed by atoms with Gasteiger partial charge in [-0.05, 0) is 72.1 Å². The number of carbonyl (C=O) groups excluding carboxylic acids is 1. The lowest BCUT2D eigenvalue weighted by Crippen LogP contribution is -2.12. The van der Waals surface area contributed by atoms with Gasteiger partial charge in [-0.2, -0.15) is 4.98 Å². The van der Waals surface area contributed by atoms with Gasteiger partial charge in [0, 0.05) is 30.6 Å². The maximum Gasteiger partial charge on any atom is 0.256 e. The number of anilines is 2. The molecule has 0 aliphatic heterocycles.